The van der Waals surface area contributed by atoms with Crippen molar-refractivity contribution in [1.82, 2.24) is 0 Å². The van der Waals surface area contributed by atoms with Crippen LogP contribution in [-0.2, 0) is 10.9 Å². The number of benzene rings is 2. The Morgan fingerprint density at radius 3 is 1.57 bits per heavy atom. The van der Waals surface area contributed by atoms with Gasteiger partial charge in [0.15, 0.2) is 0 Å². The first-order chi connectivity index (χ1) is 9.84. The maximum atomic E-state index is 13.0. The third-order valence-electron chi connectivity index (χ3n) is 2.45. The van der Waals surface area contributed by atoms with Crippen molar-refractivity contribution in [2.75, 3.05) is 0 Å². The fraction of sp³-hybridized carbons (Fsp3) is 0.0714. The van der Waals surface area contributed by atoms with Gasteiger partial charge in [0.05, 0.1) is 0 Å². The molecular weight excluding hydrogens is 400 g/mol. The second kappa shape index (κ2) is 5.92. The standard InChI is InChI=1S/C14H10F3IO3/c15-14(16,17)13(19)21-18(20,11-7-3-1-4-8-11)12-9-5-2-6-10-12/h1-10H. The van der Waals surface area contributed by atoms with E-state index in [0.717, 1.165) is 0 Å². The molecule has 112 valence electrons. The van der Waals surface area contributed by atoms with Gasteiger partial charge < -0.3 is 0 Å². The number of alkyl halides is 3. The van der Waals surface area contributed by atoms with Gasteiger partial charge in [0.1, 0.15) is 0 Å². The molecule has 0 fully saturated rings. The molecule has 2 aromatic rings. The number of hydrogen-bond donors (Lipinski definition) is 0. The number of carbonyl (C=O) groups is 1. The van der Waals surface area contributed by atoms with Crippen LogP contribution in [0, 0.1) is 7.14 Å². The van der Waals surface area contributed by atoms with E-state index in [1.165, 1.54) is 48.5 Å². The molecule has 7 heteroatoms. The zero-order valence-corrected chi connectivity index (χ0v) is 12.7. The average Bonchev–Trinajstić information content (AvgIpc) is 2.48. The molecule has 21 heavy (non-hydrogen) atoms. The zero-order chi connectivity index (χ0) is 15.5. The molecule has 0 amide bonds. The number of carbonyl (C=O) groups excluding carboxylic acids is 1. The molecule has 0 N–H and O–H groups in total. The second-order valence-electron chi connectivity index (χ2n) is 3.92. The maximum absolute atomic E-state index is 13.0. The van der Waals surface area contributed by atoms with Gasteiger partial charge in [-0.3, -0.25) is 0 Å². The normalized spacial score (nSPS) is 12.7. The van der Waals surface area contributed by atoms with Crippen molar-refractivity contribution >= 4 is 24.8 Å². The van der Waals surface area contributed by atoms with Crippen molar-refractivity contribution in [1.29, 1.82) is 0 Å². The molecule has 0 unspecified atom stereocenters. The minimum absolute atomic E-state index is 0.0909. The van der Waals surface area contributed by atoms with Gasteiger partial charge in [0, 0.05) is 0 Å². The third kappa shape index (κ3) is 3.46. The Morgan fingerprint density at radius 2 is 1.24 bits per heavy atom. The average molecular weight is 410 g/mol. The quantitative estimate of drug-likeness (QED) is 0.715. The van der Waals surface area contributed by atoms with Gasteiger partial charge in [0.25, 0.3) is 0 Å². The van der Waals surface area contributed by atoms with E-state index >= 15 is 0 Å². The van der Waals surface area contributed by atoms with Gasteiger partial charge >= 0.3 is 123 Å². The summed E-state index contributed by atoms with van der Waals surface area (Å²) in [7, 11) is 0. The Bertz CT molecular complexity index is 625. The summed E-state index contributed by atoms with van der Waals surface area (Å²) in [6.45, 7) is 0. The number of halogens is 4. The predicted molar refractivity (Wildman–Crippen MR) is 77.1 cm³/mol. The van der Waals surface area contributed by atoms with Gasteiger partial charge in [-0.2, -0.15) is 0 Å². The summed E-state index contributed by atoms with van der Waals surface area (Å²) in [5, 5.41) is 0. The molecular formula is C14H10F3IO3. The van der Waals surface area contributed by atoms with E-state index in [0.29, 0.717) is 0 Å². The van der Waals surface area contributed by atoms with E-state index in [1.807, 2.05) is 0 Å². The summed E-state index contributed by atoms with van der Waals surface area (Å²) in [5.74, 6) is -2.44. The van der Waals surface area contributed by atoms with Crippen molar-refractivity contribution in [2.45, 2.75) is 6.18 Å². The molecule has 2 aromatic carbocycles. The SMILES string of the molecule is O=C(OI(=O)(c1ccccc1)c1ccccc1)C(F)(F)F. The van der Waals surface area contributed by atoms with Crippen LogP contribution in [0.1, 0.15) is 0 Å². The summed E-state index contributed by atoms with van der Waals surface area (Å²) >= 11 is -5.01. The molecule has 0 spiro atoms. The third-order valence-corrected chi connectivity index (χ3v) is 8.19. The predicted octanol–water partition coefficient (Wildman–Crippen LogP) is 4.13. The van der Waals surface area contributed by atoms with Crippen molar-refractivity contribution in [3.05, 3.63) is 67.8 Å². The molecule has 0 aliphatic rings. The molecule has 0 saturated heterocycles. The van der Waals surface area contributed by atoms with E-state index < -0.39 is 31.0 Å². The Morgan fingerprint density at radius 1 is 0.857 bits per heavy atom. The molecule has 3 nitrogen and oxygen atoms in total. The van der Waals surface area contributed by atoms with Crippen LogP contribution < -0.4 is 0 Å². The van der Waals surface area contributed by atoms with Crippen LogP contribution in [0.4, 0.5) is 13.2 Å². The van der Waals surface area contributed by atoms with Crippen LogP contribution in [0.2, 0.25) is 0 Å². The van der Waals surface area contributed by atoms with Crippen LogP contribution in [0.3, 0.4) is 0 Å². The molecule has 0 aromatic heterocycles. The van der Waals surface area contributed by atoms with Gasteiger partial charge in [-0.05, 0) is 0 Å². The molecule has 0 saturated carbocycles. The van der Waals surface area contributed by atoms with Crippen LogP contribution in [0.15, 0.2) is 60.7 Å². The molecule has 0 heterocycles. The van der Waals surface area contributed by atoms with Crippen molar-refractivity contribution in [3.8, 4) is 0 Å². The number of rotatable bonds is 3. The molecule has 0 bridgehead atoms. The second-order valence-corrected chi connectivity index (χ2v) is 9.51. The van der Waals surface area contributed by atoms with E-state index in [9.17, 15) is 21.0 Å². The van der Waals surface area contributed by atoms with Crippen molar-refractivity contribution in [3.63, 3.8) is 0 Å². The van der Waals surface area contributed by atoms with E-state index in [4.69, 9.17) is 0 Å². The molecule has 2 rings (SSSR count). The molecule has 0 atom stereocenters. The van der Waals surface area contributed by atoms with Crippen LogP contribution in [0.25, 0.3) is 0 Å². The first-order valence-electron chi connectivity index (χ1n) is 5.73. The summed E-state index contributed by atoms with van der Waals surface area (Å²) in [6, 6.07) is 14.9. The fourth-order valence-corrected chi connectivity index (χ4v) is 6.28. The summed E-state index contributed by atoms with van der Waals surface area (Å²) in [5.41, 5.74) is 0. The van der Waals surface area contributed by atoms with E-state index in [1.54, 1.807) is 12.1 Å². The summed E-state index contributed by atoms with van der Waals surface area (Å²) in [6.07, 6.45) is -5.19. The fourth-order valence-electron chi connectivity index (χ4n) is 1.52. The first-order valence-corrected chi connectivity index (χ1v) is 9.65. The Labute approximate surface area is 123 Å². The minimum atomic E-state index is -5.19. The van der Waals surface area contributed by atoms with Crippen LogP contribution in [-0.4, -0.2) is 12.1 Å². The van der Waals surface area contributed by atoms with Gasteiger partial charge in [-0.15, -0.1) is 0 Å². The Hall–Kier alpha value is -1.77. The van der Waals surface area contributed by atoms with Gasteiger partial charge in [-0.1, -0.05) is 0 Å². The van der Waals surface area contributed by atoms with Crippen molar-refractivity contribution < 1.29 is 24.1 Å². The van der Waals surface area contributed by atoms with E-state index in [2.05, 4.69) is 3.07 Å². The van der Waals surface area contributed by atoms with E-state index in [-0.39, 0.29) is 7.14 Å². The molecule has 0 radical (unpaired) electrons. The number of hydrogen-bond acceptors (Lipinski definition) is 3. The first kappa shape index (κ1) is 15.6. The molecule has 0 aliphatic heterocycles. The van der Waals surface area contributed by atoms with Gasteiger partial charge in [-0.25, -0.2) is 0 Å². The topological polar surface area (TPSA) is 43.4 Å². The molecule has 0 aliphatic carbocycles. The van der Waals surface area contributed by atoms with Crippen LogP contribution >= 0.6 is 18.8 Å². The van der Waals surface area contributed by atoms with Gasteiger partial charge in [0.2, 0.25) is 0 Å². The zero-order valence-electron chi connectivity index (χ0n) is 10.5. The summed E-state index contributed by atoms with van der Waals surface area (Å²) in [4.78, 5) is 11.1. The van der Waals surface area contributed by atoms with Crippen molar-refractivity contribution in [2.24, 2.45) is 0 Å². The monoisotopic (exact) mass is 410 g/mol. The Balaban J connectivity index is 2.51. The Kier molecular flexibility index (Phi) is 4.40. The summed E-state index contributed by atoms with van der Waals surface area (Å²) < 4.78 is 54.9. The van der Waals surface area contributed by atoms with Crippen LogP contribution in [0.5, 0.6) is 0 Å².